The molecular weight excluding hydrogens is 240 g/mol. The smallest absolute Gasteiger partial charge is 0.255 e. The number of amides is 1. The number of aryl methyl sites for hydroxylation is 2. The van der Waals surface area contributed by atoms with Gasteiger partial charge in [-0.05, 0) is 56.5 Å². The van der Waals surface area contributed by atoms with Gasteiger partial charge in [0.1, 0.15) is 5.75 Å². The topological polar surface area (TPSA) is 50.4 Å². The van der Waals surface area contributed by atoms with Crippen LogP contribution in [0.4, 0.5) is 0 Å². The first-order valence-corrected chi connectivity index (χ1v) is 6.76. The van der Waals surface area contributed by atoms with Gasteiger partial charge >= 0.3 is 0 Å². The Morgan fingerprint density at radius 3 is 2.89 bits per heavy atom. The summed E-state index contributed by atoms with van der Waals surface area (Å²) in [6, 6.07) is 3.91. The second kappa shape index (κ2) is 6.06. The molecule has 1 aromatic carbocycles. The lowest BCUT2D eigenvalue weighted by Crippen LogP contribution is -2.30. The molecule has 1 aliphatic rings. The number of rotatable bonds is 4. The number of benzene rings is 1. The minimum Gasteiger partial charge on any atom is -0.496 e. The first kappa shape index (κ1) is 13.9. The van der Waals surface area contributed by atoms with E-state index in [1.54, 1.807) is 7.11 Å². The van der Waals surface area contributed by atoms with Gasteiger partial charge < -0.3 is 15.4 Å². The standard InChI is InChI=1S/C15H22N2O2/c1-10-6-11(2)14(19-3)13(7-10)15(18)17-9-12-4-5-16-8-12/h6-7,12,16H,4-5,8-9H2,1-3H3,(H,17,18). The predicted octanol–water partition coefficient (Wildman–Crippen LogP) is 1.65. The van der Waals surface area contributed by atoms with E-state index in [0.29, 0.717) is 17.2 Å². The quantitative estimate of drug-likeness (QED) is 0.867. The summed E-state index contributed by atoms with van der Waals surface area (Å²) in [7, 11) is 1.61. The summed E-state index contributed by atoms with van der Waals surface area (Å²) in [4.78, 5) is 12.3. The molecule has 1 aromatic rings. The van der Waals surface area contributed by atoms with Crippen LogP contribution >= 0.6 is 0 Å². The van der Waals surface area contributed by atoms with Crippen molar-refractivity contribution in [3.8, 4) is 5.75 Å². The molecule has 2 rings (SSSR count). The Morgan fingerprint density at radius 2 is 2.26 bits per heavy atom. The maximum atomic E-state index is 12.3. The second-order valence-corrected chi connectivity index (χ2v) is 5.23. The Balaban J connectivity index is 2.09. The molecule has 1 aliphatic heterocycles. The molecule has 1 heterocycles. The summed E-state index contributed by atoms with van der Waals surface area (Å²) >= 11 is 0. The van der Waals surface area contributed by atoms with Crippen molar-refractivity contribution in [3.05, 3.63) is 28.8 Å². The molecule has 1 atom stereocenters. The third kappa shape index (κ3) is 3.26. The molecule has 1 fully saturated rings. The van der Waals surface area contributed by atoms with Gasteiger partial charge in [0.05, 0.1) is 12.7 Å². The number of carbonyl (C=O) groups excluding carboxylic acids is 1. The molecule has 1 unspecified atom stereocenters. The molecule has 4 heteroatoms. The minimum absolute atomic E-state index is 0.0458. The zero-order chi connectivity index (χ0) is 13.8. The van der Waals surface area contributed by atoms with Crippen LogP contribution in [0.15, 0.2) is 12.1 Å². The third-order valence-electron chi connectivity index (χ3n) is 3.58. The summed E-state index contributed by atoms with van der Waals surface area (Å²) in [6.07, 6.45) is 1.13. The Labute approximate surface area is 114 Å². The van der Waals surface area contributed by atoms with Crippen molar-refractivity contribution in [1.29, 1.82) is 0 Å². The normalized spacial score (nSPS) is 18.4. The van der Waals surface area contributed by atoms with Crippen LogP contribution < -0.4 is 15.4 Å². The van der Waals surface area contributed by atoms with Crippen LogP contribution in [0.5, 0.6) is 5.75 Å². The molecule has 0 bridgehead atoms. The highest BCUT2D eigenvalue weighted by Crippen LogP contribution is 2.25. The summed E-state index contributed by atoms with van der Waals surface area (Å²) in [5.41, 5.74) is 2.70. The van der Waals surface area contributed by atoms with Crippen LogP contribution in [0, 0.1) is 19.8 Å². The lowest BCUT2D eigenvalue weighted by molar-refractivity contribution is 0.0945. The van der Waals surface area contributed by atoms with Gasteiger partial charge in [-0.2, -0.15) is 0 Å². The van der Waals surface area contributed by atoms with E-state index in [1.165, 1.54) is 0 Å². The van der Waals surface area contributed by atoms with Gasteiger partial charge in [-0.1, -0.05) is 6.07 Å². The van der Waals surface area contributed by atoms with Crippen molar-refractivity contribution >= 4 is 5.91 Å². The first-order chi connectivity index (χ1) is 9.11. The Kier molecular flexibility index (Phi) is 4.43. The highest BCUT2D eigenvalue weighted by atomic mass is 16.5. The fourth-order valence-corrected chi connectivity index (χ4v) is 2.61. The van der Waals surface area contributed by atoms with Crippen molar-refractivity contribution in [2.24, 2.45) is 5.92 Å². The van der Waals surface area contributed by atoms with Crippen molar-refractivity contribution in [2.75, 3.05) is 26.7 Å². The van der Waals surface area contributed by atoms with Crippen LogP contribution in [-0.4, -0.2) is 32.7 Å². The largest absolute Gasteiger partial charge is 0.496 e. The molecule has 2 N–H and O–H groups in total. The third-order valence-corrected chi connectivity index (χ3v) is 3.58. The Morgan fingerprint density at radius 1 is 1.47 bits per heavy atom. The van der Waals surface area contributed by atoms with Gasteiger partial charge in [0.25, 0.3) is 5.91 Å². The van der Waals surface area contributed by atoms with Crippen molar-refractivity contribution in [3.63, 3.8) is 0 Å². The highest BCUT2D eigenvalue weighted by Gasteiger charge is 2.18. The van der Waals surface area contributed by atoms with Crippen molar-refractivity contribution in [2.45, 2.75) is 20.3 Å². The maximum absolute atomic E-state index is 12.3. The molecule has 0 aliphatic carbocycles. The fourth-order valence-electron chi connectivity index (χ4n) is 2.61. The zero-order valence-electron chi connectivity index (χ0n) is 11.9. The van der Waals surface area contributed by atoms with E-state index in [2.05, 4.69) is 10.6 Å². The van der Waals surface area contributed by atoms with Gasteiger partial charge in [0.2, 0.25) is 0 Å². The summed E-state index contributed by atoms with van der Waals surface area (Å²) in [6.45, 7) is 6.72. The minimum atomic E-state index is -0.0458. The van der Waals surface area contributed by atoms with E-state index >= 15 is 0 Å². The number of ether oxygens (including phenoxy) is 1. The van der Waals surface area contributed by atoms with Crippen molar-refractivity contribution < 1.29 is 9.53 Å². The van der Waals surface area contributed by atoms with Crippen LogP contribution in [0.2, 0.25) is 0 Å². The first-order valence-electron chi connectivity index (χ1n) is 6.76. The number of nitrogens with one attached hydrogen (secondary N) is 2. The number of hydrogen-bond donors (Lipinski definition) is 2. The average Bonchev–Trinajstić information content (AvgIpc) is 2.88. The van der Waals surface area contributed by atoms with E-state index in [1.807, 2.05) is 26.0 Å². The monoisotopic (exact) mass is 262 g/mol. The van der Waals surface area contributed by atoms with E-state index in [9.17, 15) is 4.79 Å². The molecule has 1 amide bonds. The van der Waals surface area contributed by atoms with Crippen molar-refractivity contribution in [1.82, 2.24) is 10.6 Å². The summed E-state index contributed by atoms with van der Waals surface area (Å²) in [5.74, 6) is 1.17. The number of carbonyl (C=O) groups is 1. The SMILES string of the molecule is COc1c(C)cc(C)cc1C(=O)NCC1CCNC1. The lowest BCUT2D eigenvalue weighted by Gasteiger charge is -2.14. The van der Waals surface area contributed by atoms with Crippen LogP contribution in [0.25, 0.3) is 0 Å². The van der Waals surface area contributed by atoms with E-state index in [4.69, 9.17) is 4.74 Å². The summed E-state index contributed by atoms with van der Waals surface area (Å²) < 4.78 is 5.35. The lowest BCUT2D eigenvalue weighted by atomic mass is 10.0. The molecule has 1 saturated heterocycles. The molecule has 0 aromatic heterocycles. The molecular formula is C15H22N2O2. The molecule has 0 radical (unpaired) electrons. The number of methoxy groups -OCH3 is 1. The van der Waals surface area contributed by atoms with Gasteiger partial charge in [-0.15, -0.1) is 0 Å². The Bertz CT molecular complexity index is 465. The molecule has 0 spiro atoms. The van der Waals surface area contributed by atoms with Gasteiger partial charge in [-0.25, -0.2) is 0 Å². The molecule has 4 nitrogen and oxygen atoms in total. The Hall–Kier alpha value is -1.55. The average molecular weight is 262 g/mol. The van der Waals surface area contributed by atoms with Gasteiger partial charge in [0, 0.05) is 6.54 Å². The molecule has 104 valence electrons. The highest BCUT2D eigenvalue weighted by molar-refractivity contribution is 5.97. The second-order valence-electron chi connectivity index (χ2n) is 5.23. The number of hydrogen-bond acceptors (Lipinski definition) is 3. The van der Waals surface area contributed by atoms with Gasteiger partial charge in [0.15, 0.2) is 0 Å². The van der Waals surface area contributed by atoms with E-state index in [-0.39, 0.29) is 5.91 Å². The molecule has 0 saturated carbocycles. The summed E-state index contributed by atoms with van der Waals surface area (Å²) in [5, 5.41) is 6.31. The zero-order valence-corrected chi connectivity index (χ0v) is 11.9. The van der Waals surface area contributed by atoms with Crippen LogP contribution in [0.3, 0.4) is 0 Å². The van der Waals surface area contributed by atoms with Crippen LogP contribution in [0.1, 0.15) is 27.9 Å². The van der Waals surface area contributed by atoms with Gasteiger partial charge in [-0.3, -0.25) is 4.79 Å². The maximum Gasteiger partial charge on any atom is 0.255 e. The molecule has 19 heavy (non-hydrogen) atoms. The van der Waals surface area contributed by atoms with E-state index in [0.717, 1.165) is 37.2 Å². The fraction of sp³-hybridized carbons (Fsp3) is 0.533. The van der Waals surface area contributed by atoms with Crippen LogP contribution in [-0.2, 0) is 0 Å². The van der Waals surface area contributed by atoms with E-state index < -0.39 is 0 Å². The predicted molar refractivity (Wildman–Crippen MR) is 75.8 cm³/mol.